The van der Waals surface area contributed by atoms with Gasteiger partial charge in [0.15, 0.2) is 10.8 Å². The number of carbonyl (C=O) groups is 3. The summed E-state index contributed by atoms with van der Waals surface area (Å²) >= 11 is 3.76. The molecule has 0 saturated carbocycles. The van der Waals surface area contributed by atoms with E-state index in [9.17, 15) is 19.5 Å². The molecule has 198 valence electrons. The number of aliphatic carboxylic acids is 1. The second kappa shape index (κ2) is 11.1. The molecule has 0 radical (unpaired) electrons. The highest BCUT2D eigenvalue weighted by molar-refractivity contribution is 8.00. The molecule has 2 aromatic heterocycles. The number of carboxylic acid groups (broad SMARTS) is 1. The number of aryl methyl sites for hydroxylation is 1. The summed E-state index contributed by atoms with van der Waals surface area (Å²) in [5.41, 5.74) is 10.5. The van der Waals surface area contributed by atoms with E-state index in [1.165, 1.54) is 28.4 Å². The van der Waals surface area contributed by atoms with Crippen molar-refractivity contribution in [2.75, 3.05) is 36.1 Å². The number of carbonyl (C=O) groups excluding carboxylic acids is 2. The lowest BCUT2D eigenvalue weighted by atomic mass is 9.89. The molecule has 2 aromatic rings. The van der Waals surface area contributed by atoms with Crippen molar-refractivity contribution in [1.29, 1.82) is 0 Å². The van der Waals surface area contributed by atoms with Crippen LogP contribution in [0.2, 0.25) is 0 Å². The van der Waals surface area contributed by atoms with Crippen molar-refractivity contribution in [3.8, 4) is 0 Å². The number of nitrogens with zero attached hydrogens (tertiary/aromatic N) is 5. The van der Waals surface area contributed by atoms with Gasteiger partial charge in [0, 0.05) is 29.5 Å². The molecule has 2 fully saturated rings. The highest BCUT2D eigenvalue weighted by atomic mass is 32.2. The molecule has 0 aliphatic carbocycles. The zero-order valence-corrected chi connectivity index (χ0v) is 22.6. The average Bonchev–Trinajstić information content (AvgIpc) is 3.31. The van der Waals surface area contributed by atoms with Crippen LogP contribution in [0.5, 0.6) is 0 Å². The van der Waals surface area contributed by atoms with Gasteiger partial charge in [-0.05, 0) is 30.6 Å². The molecule has 0 aromatic carbocycles. The number of aromatic nitrogens is 3. The Morgan fingerprint density at radius 1 is 1.41 bits per heavy atom. The predicted molar refractivity (Wildman–Crippen MR) is 140 cm³/mol. The first-order chi connectivity index (χ1) is 17.7. The van der Waals surface area contributed by atoms with Gasteiger partial charge >= 0.3 is 11.1 Å². The van der Waals surface area contributed by atoms with Gasteiger partial charge in [0.2, 0.25) is 11.7 Å². The highest BCUT2D eigenvalue weighted by Gasteiger charge is 2.57. The SMILES string of the molecule is CCON=C(C(=O)NC1C(=O)N2CC(CSc3nc(N)cc[n+]3CC)(C(=O)O)CS[C@H]12)c1csc(N)n1. The molecule has 2 aliphatic heterocycles. The molecule has 13 nitrogen and oxygen atoms in total. The van der Waals surface area contributed by atoms with E-state index in [0.717, 1.165) is 11.3 Å². The molecule has 2 amide bonds. The van der Waals surface area contributed by atoms with Crippen LogP contribution in [0.15, 0.2) is 28.0 Å². The summed E-state index contributed by atoms with van der Waals surface area (Å²) in [5.74, 6) is -1.17. The number of oxime groups is 1. The van der Waals surface area contributed by atoms with Gasteiger partial charge in [-0.25, -0.2) is 9.55 Å². The van der Waals surface area contributed by atoms with Gasteiger partial charge in [0.1, 0.15) is 29.1 Å². The fraction of sp³-hybridized carbons (Fsp3) is 0.476. The summed E-state index contributed by atoms with van der Waals surface area (Å²) < 4.78 is 1.88. The van der Waals surface area contributed by atoms with Crippen LogP contribution >= 0.6 is 34.9 Å². The number of β-lactam (4-membered cyclic amide) rings is 1. The number of rotatable bonds is 10. The van der Waals surface area contributed by atoms with Crippen LogP contribution in [-0.4, -0.2) is 79.5 Å². The van der Waals surface area contributed by atoms with Crippen molar-refractivity contribution in [2.24, 2.45) is 10.6 Å². The molecule has 0 bridgehead atoms. The predicted octanol–water partition coefficient (Wildman–Crippen LogP) is 0.0137. The lowest BCUT2D eigenvalue weighted by Gasteiger charge is -2.53. The van der Waals surface area contributed by atoms with E-state index in [1.807, 2.05) is 11.5 Å². The number of amides is 2. The Hall–Kier alpha value is -3.11. The lowest BCUT2D eigenvalue weighted by molar-refractivity contribution is -0.733. The van der Waals surface area contributed by atoms with Gasteiger partial charge in [0.25, 0.3) is 5.91 Å². The number of nitrogens with two attached hydrogens (primary N) is 2. The molecular formula is C21H27N8O5S3+. The van der Waals surface area contributed by atoms with Crippen molar-refractivity contribution in [1.82, 2.24) is 20.2 Å². The molecule has 3 atom stereocenters. The minimum atomic E-state index is -1.19. The topological polar surface area (TPSA) is 190 Å². The molecule has 4 heterocycles. The summed E-state index contributed by atoms with van der Waals surface area (Å²) in [5, 5.41) is 18.7. The minimum Gasteiger partial charge on any atom is -0.481 e. The summed E-state index contributed by atoms with van der Waals surface area (Å²) in [4.78, 5) is 53.3. The Bertz CT molecular complexity index is 1240. The monoisotopic (exact) mass is 567 g/mol. The first kappa shape index (κ1) is 26.9. The van der Waals surface area contributed by atoms with Crippen molar-refractivity contribution in [2.45, 2.75) is 37.0 Å². The first-order valence-corrected chi connectivity index (χ1v) is 14.3. The number of hydrogen-bond acceptors (Lipinski definition) is 12. The van der Waals surface area contributed by atoms with Gasteiger partial charge in [-0.3, -0.25) is 14.4 Å². The molecule has 4 rings (SSSR count). The highest BCUT2D eigenvalue weighted by Crippen LogP contribution is 2.44. The molecular weight excluding hydrogens is 540 g/mol. The number of thioether (sulfide) groups is 2. The maximum Gasteiger partial charge on any atom is 0.361 e. The summed E-state index contributed by atoms with van der Waals surface area (Å²) in [7, 11) is 0. The molecule has 37 heavy (non-hydrogen) atoms. The summed E-state index contributed by atoms with van der Waals surface area (Å²) in [6.45, 7) is 4.59. The van der Waals surface area contributed by atoms with Crippen LogP contribution in [0, 0.1) is 5.41 Å². The summed E-state index contributed by atoms with van der Waals surface area (Å²) in [6.07, 6.45) is 1.80. The van der Waals surface area contributed by atoms with Crippen LogP contribution in [0.3, 0.4) is 0 Å². The Morgan fingerprint density at radius 2 is 2.19 bits per heavy atom. The zero-order valence-electron chi connectivity index (χ0n) is 20.1. The lowest BCUT2D eigenvalue weighted by Crippen LogP contribution is -2.74. The van der Waals surface area contributed by atoms with Crippen LogP contribution in [0.1, 0.15) is 19.5 Å². The van der Waals surface area contributed by atoms with E-state index in [-0.39, 0.29) is 47.1 Å². The first-order valence-electron chi connectivity index (χ1n) is 11.4. The second-order valence-electron chi connectivity index (χ2n) is 8.34. The molecule has 6 N–H and O–H groups in total. The fourth-order valence-electron chi connectivity index (χ4n) is 3.85. The van der Waals surface area contributed by atoms with E-state index in [4.69, 9.17) is 16.3 Å². The molecule has 2 saturated heterocycles. The Kier molecular flexibility index (Phi) is 8.08. The van der Waals surface area contributed by atoms with Gasteiger partial charge in [-0.15, -0.1) is 23.1 Å². The van der Waals surface area contributed by atoms with E-state index >= 15 is 0 Å². The van der Waals surface area contributed by atoms with E-state index in [2.05, 4.69) is 20.4 Å². The van der Waals surface area contributed by atoms with Crippen LogP contribution in [0.25, 0.3) is 0 Å². The number of anilines is 2. The Morgan fingerprint density at radius 3 is 2.84 bits per heavy atom. The van der Waals surface area contributed by atoms with Gasteiger partial charge < -0.3 is 31.6 Å². The smallest absolute Gasteiger partial charge is 0.361 e. The van der Waals surface area contributed by atoms with E-state index < -0.39 is 28.7 Å². The number of carboxylic acids is 1. The maximum absolute atomic E-state index is 13.0. The van der Waals surface area contributed by atoms with Crippen molar-refractivity contribution in [3.63, 3.8) is 0 Å². The average molecular weight is 568 g/mol. The maximum atomic E-state index is 13.0. The number of nitrogen functional groups attached to an aromatic ring is 2. The normalized spacial score (nSPS) is 23.2. The van der Waals surface area contributed by atoms with Crippen LogP contribution in [0.4, 0.5) is 10.9 Å². The number of thiazole rings is 1. The summed E-state index contributed by atoms with van der Waals surface area (Å²) in [6, 6.07) is 0.861. The van der Waals surface area contributed by atoms with E-state index in [1.54, 1.807) is 24.6 Å². The van der Waals surface area contributed by atoms with Crippen molar-refractivity contribution < 1.29 is 28.9 Å². The zero-order chi connectivity index (χ0) is 26.7. The quantitative estimate of drug-likeness (QED) is 0.0756. The number of fused-ring (bicyclic) bond motifs is 1. The van der Waals surface area contributed by atoms with Crippen molar-refractivity contribution in [3.05, 3.63) is 23.3 Å². The number of nitrogens with one attached hydrogen (secondary N) is 1. The van der Waals surface area contributed by atoms with Gasteiger partial charge in [0.05, 0.1) is 12.7 Å². The molecule has 2 unspecified atom stereocenters. The second-order valence-corrected chi connectivity index (χ2v) is 11.3. The van der Waals surface area contributed by atoms with Gasteiger partial charge in [-0.1, -0.05) is 5.16 Å². The molecule has 0 spiro atoms. The third kappa shape index (κ3) is 5.45. The third-order valence-electron chi connectivity index (χ3n) is 5.86. The van der Waals surface area contributed by atoms with E-state index in [0.29, 0.717) is 17.5 Å². The van der Waals surface area contributed by atoms with Crippen LogP contribution < -0.4 is 21.4 Å². The molecule has 2 aliphatic rings. The third-order valence-corrected chi connectivity index (χ3v) is 9.41. The number of hydrogen-bond donors (Lipinski definition) is 4. The Labute approximate surface area is 225 Å². The van der Waals surface area contributed by atoms with Gasteiger partial charge in [-0.2, -0.15) is 0 Å². The largest absolute Gasteiger partial charge is 0.481 e. The van der Waals surface area contributed by atoms with Crippen LogP contribution in [-0.2, 0) is 25.8 Å². The standard InChI is InChI=1S/C21H26N8O5S3/c1-3-28-6-5-12(22)25-20(28)37-10-21(18(32)33)8-29-16(31)14(17(29)36-9-21)26-15(30)13(27-34-4-2)11-7-35-19(23)24-11/h5-7,14,17,22H,3-4,8-10H2,1-2H3,(H4,23,24,26,30,32,33)/p+1/t14?,17-,21?/m1/s1. The fourth-order valence-corrected chi connectivity index (χ4v) is 7.31. The van der Waals surface area contributed by atoms with Crippen molar-refractivity contribution >= 4 is 69.3 Å². The molecule has 16 heteroatoms. The Balaban J connectivity index is 1.44. The minimum absolute atomic E-state index is 0.0230.